The zero-order valence-corrected chi connectivity index (χ0v) is 19.3. The van der Waals surface area contributed by atoms with Gasteiger partial charge in [0, 0.05) is 12.3 Å². The minimum Gasteiger partial charge on any atom is -0.490 e. The number of carbonyl (C=O) groups is 2. The highest BCUT2D eigenvalue weighted by Crippen LogP contribution is 2.23. The fourth-order valence-corrected chi connectivity index (χ4v) is 3.29. The number of carboxylic acid groups (broad SMARTS) is 1. The second-order valence-corrected chi connectivity index (χ2v) is 7.66. The van der Waals surface area contributed by atoms with Crippen molar-refractivity contribution in [1.29, 1.82) is 0 Å². The summed E-state index contributed by atoms with van der Waals surface area (Å²) in [5, 5.41) is 11.9. The van der Waals surface area contributed by atoms with Gasteiger partial charge < -0.3 is 24.6 Å². The predicted molar refractivity (Wildman–Crippen MR) is 134 cm³/mol. The van der Waals surface area contributed by atoms with E-state index in [9.17, 15) is 14.7 Å². The number of anilines is 1. The Morgan fingerprint density at radius 2 is 1.39 bits per heavy atom. The lowest BCUT2D eigenvalue weighted by Crippen LogP contribution is -2.16. The zero-order valence-electron chi connectivity index (χ0n) is 19.3. The first kappa shape index (κ1) is 24.3. The van der Waals surface area contributed by atoms with Gasteiger partial charge in [-0.1, -0.05) is 36.4 Å². The summed E-state index contributed by atoms with van der Waals surface area (Å²) in [4.78, 5) is 27.9. The summed E-state index contributed by atoms with van der Waals surface area (Å²) in [5.74, 6) is 1.01. The molecule has 0 saturated heterocycles. The first-order valence-corrected chi connectivity index (χ1v) is 11.2. The Bertz CT molecular complexity index is 1290. The van der Waals surface area contributed by atoms with Crippen LogP contribution in [0.2, 0.25) is 0 Å². The number of hydrogen-bond acceptors (Lipinski definition) is 6. The summed E-state index contributed by atoms with van der Waals surface area (Å²) >= 11 is 0. The Hall–Kier alpha value is -4.85. The summed E-state index contributed by atoms with van der Waals surface area (Å²) in [5.41, 5.74) is 0.942. The molecule has 0 aliphatic rings. The van der Waals surface area contributed by atoms with Gasteiger partial charge in [0.1, 0.15) is 30.5 Å². The SMILES string of the molecule is O=C(Cc1ccc(Oc2ccc(OCCOc3ccccc3)cc2)nc1)Nc1ccccc1C(=O)O. The fourth-order valence-electron chi connectivity index (χ4n) is 3.29. The smallest absolute Gasteiger partial charge is 0.337 e. The van der Waals surface area contributed by atoms with Crippen LogP contribution >= 0.6 is 0 Å². The molecule has 2 N–H and O–H groups in total. The third-order valence-electron chi connectivity index (χ3n) is 5.00. The van der Waals surface area contributed by atoms with Crippen LogP contribution in [0, 0.1) is 0 Å². The number of pyridine rings is 1. The number of aromatic nitrogens is 1. The molecular formula is C28H24N2O6. The Labute approximate surface area is 208 Å². The molecule has 182 valence electrons. The average molecular weight is 485 g/mol. The summed E-state index contributed by atoms with van der Waals surface area (Å²) in [7, 11) is 0. The second-order valence-electron chi connectivity index (χ2n) is 7.66. The fraction of sp³-hybridized carbons (Fsp3) is 0.107. The van der Waals surface area contributed by atoms with Crippen molar-refractivity contribution in [2.24, 2.45) is 0 Å². The van der Waals surface area contributed by atoms with Gasteiger partial charge in [0.25, 0.3) is 0 Å². The van der Waals surface area contributed by atoms with Gasteiger partial charge in [0.05, 0.1) is 17.7 Å². The third kappa shape index (κ3) is 7.07. The molecule has 0 bridgehead atoms. The monoisotopic (exact) mass is 484 g/mol. The molecule has 0 aliphatic heterocycles. The van der Waals surface area contributed by atoms with Crippen LogP contribution in [0.3, 0.4) is 0 Å². The molecule has 1 aromatic heterocycles. The van der Waals surface area contributed by atoms with Crippen molar-refractivity contribution in [2.75, 3.05) is 18.5 Å². The number of nitrogens with one attached hydrogen (secondary N) is 1. The zero-order chi connectivity index (χ0) is 25.2. The molecule has 0 unspecified atom stereocenters. The molecule has 0 atom stereocenters. The minimum atomic E-state index is -1.11. The van der Waals surface area contributed by atoms with E-state index in [1.54, 1.807) is 60.8 Å². The van der Waals surface area contributed by atoms with Crippen LogP contribution in [0.5, 0.6) is 23.1 Å². The van der Waals surface area contributed by atoms with Gasteiger partial charge in [-0.05, 0) is 54.1 Å². The molecular weight excluding hydrogens is 460 g/mol. The van der Waals surface area contributed by atoms with Crippen molar-refractivity contribution >= 4 is 17.6 Å². The van der Waals surface area contributed by atoms with Crippen molar-refractivity contribution < 1.29 is 28.9 Å². The van der Waals surface area contributed by atoms with Crippen LogP contribution < -0.4 is 19.5 Å². The first-order chi connectivity index (χ1) is 17.6. The molecule has 0 radical (unpaired) electrons. The second kappa shape index (κ2) is 12.0. The number of carbonyl (C=O) groups excluding carboxylic acids is 1. The lowest BCUT2D eigenvalue weighted by molar-refractivity contribution is -0.115. The van der Waals surface area contributed by atoms with Gasteiger partial charge in [-0.25, -0.2) is 9.78 Å². The van der Waals surface area contributed by atoms with E-state index in [4.69, 9.17) is 14.2 Å². The van der Waals surface area contributed by atoms with E-state index < -0.39 is 5.97 Å². The largest absolute Gasteiger partial charge is 0.490 e. The highest BCUT2D eigenvalue weighted by atomic mass is 16.5. The normalized spacial score (nSPS) is 10.3. The molecule has 0 spiro atoms. The van der Waals surface area contributed by atoms with Crippen molar-refractivity contribution in [1.82, 2.24) is 4.98 Å². The van der Waals surface area contributed by atoms with Gasteiger partial charge in [-0.3, -0.25) is 4.79 Å². The average Bonchev–Trinajstić information content (AvgIpc) is 2.89. The van der Waals surface area contributed by atoms with E-state index in [-0.39, 0.29) is 23.6 Å². The number of aromatic carboxylic acids is 1. The van der Waals surface area contributed by atoms with E-state index in [2.05, 4.69) is 10.3 Å². The summed E-state index contributed by atoms with van der Waals surface area (Å²) in [6.45, 7) is 0.843. The molecule has 4 aromatic rings. The van der Waals surface area contributed by atoms with Gasteiger partial charge in [0.15, 0.2) is 0 Å². The van der Waals surface area contributed by atoms with Gasteiger partial charge in [-0.15, -0.1) is 0 Å². The molecule has 1 amide bonds. The topological polar surface area (TPSA) is 107 Å². The molecule has 36 heavy (non-hydrogen) atoms. The molecule has 3 aromatic carbocycles. The highest BCUT2D eigenvalue weighted by Gasteiger charge is 2.12. The van der Waals surface area contributed by atoms with Crippen LogP contribution in [-0.2, 0) is 11.2 Å². The maximum Gasteiger partial charge on any atom is 0.337 e. The van der Waals surface area contributed by atoms with Crippen molar-refractivity contribution in [3.63, 3.8) is 0 Å². The number of ether oxygens (including phenoxy) is 3. The molecule has 1 heterocycles. The molecule has 0 fully saturated rings. The summed E-state index contributed by atoms with van der Waals surface area (Å²) in [6.07, 6.45) is 1.59. The molecule has 0 saturated carbocycles. The van der Waals surface area contributed by atoms with Gasteiger partial charge >= 0.3 is 5.97 Å². The van der Waals surface area contributed by atoms with Crippen LogP contribution in [0.1, 0.15) is 15.9 Å². The number of hydrogen-bond donors (Lipinski definition) is 2. The number of rotatable bonds is 11. The Balaban J connectivity index is 1.23. The van der Waals surface area contributed by atoms with Crippen molar-refractivity contribution in [3.05, 3.63) is 108 Å². The Kier molecular flexibility index (Phi) is 8.11. The van der Waals surface area contributed by atoms with Crippen LogP contribution in [-0.4, -0.2) is 35.2 Å². The van der Waals surface area contributed by atoms with Crippen molar-refractivity contribution in [3.8, 4) is 23.1 Å². The Morgan fingerprint density at radius 1 is 0.750 bits per heavy atom. The lowest BCUT2D eigenvalue weighted by atomic mass is 10.1. The van der Waals surface area contributed by atoms with E-state index in [0.29, 0.717) is 36.2 Å². The van der Waals surface area contributed by atoms with E-state index in [0.717, 1.165) is 5.75 Å². The number of para-hydroxylation sites is 2. The summed E-state index contributed by atoms with van der Waals surface area (Å²) < 4.78 is 17.0. The molecule has 0 aliphatic carbocycles. The van der Waals surface area contributed by atoms with E-state index >= 15 is 0 Å². The highest BCUT2D eigenvalue weighted by molar-refractivity contribution is 6.00. The number of carboxylic acids is 1. The molecule has 4 rings (SSSR count). The number of amides is 1. The predicted octanol–water partition coefficient (Wildman–Crippen LogP) is 5.21. The maximum absolute atomic E-state index is 12.3. The first-order valence-electron chi connectivity index (χ1n) is 11.2. The third-order valence-corrected chi connectivity index (χ3v) is 5.00. The molecule has 8 nitrogen and oxygen atoms in total. The molecule has 8 heteroatoms. The van der Waals surface area contributed by atoms with E-state index in [1.807, 2.05) is 30.3 Å². The summed E-state index contributed by atoms with van der Waals surface area (Å²) in [6, 6.07) is 26.3. The Morgan fingerprint density at radius 3 is 2.06 bits per heavy atom. The van der Waals surface area contributed by atoms with Crippen LogP contribution in [0.15, 0.2) is 97.2 Å². The quantitative estimate of drug-likeness (QED) is 0.281. The van der Waals surface area contributed by atoms with Crippen molar-refractivity contribution in [2.45, 2.75) is 6.42 Å². The minimum absolute atomic E-state index is 0.0321. The van der Waals surface area contributed by atoms with E-state index in [1.165, 1.54) is 6.07 Å². The van der Waals surface area contributed by atoms with Crippen LogP contribution in [0.25, 0.3) is 0 Å². The van der Waals surface area contributed by atoms with Crippen LogP contribution in [0.4, 0.5) is 5.69 Å². The standard InChI is InChI=1S/C28H24N2O6/c31-26(30-25-9-5-4-8-24(25)28(32)33)18-20-10-15-27(29-19-20)36-23-13-11-22(12-14-23)35-17-16-34-21-6-2-1-3-7-21/h1-15,19H,16-18H2,(H,30,31)(H,32,33). The van der Waals surface area contributed by atoms with Gasteiger partial charge in [-0.2, -0.15) is 0 Å². The number of nitrogens with zero attached hydrogens (tertiary/aromatic N) is 1. The number of benzene rings is 3. The maximum atomic E-state index is 12.3. The lowest BCUT2D eigenvalue weighted by Gasteiger charge is -2.10. The van der Waals surface area contributed by atoms with Gasteiger partial charge in [0.2, 0.25) is 11.8 Å².